The molecule has 0 bridgehead atoms. The zero-order chi connectivity index (χ0) is 10.0. The van der Waals surface area contributed by atoms with Gasteiger partial charge in [0.2, 0.25) is 0 Å². The Morgan fingerprint density at radius 2 is 2.00 bits per heavy atom. The first-order valence-electron chi connectivity index (χ1n) is 4.28. The maximum Gasteiger partial charge on any atom is 0.271 e. The highest BCUT2D eigenvalue weighted by molar-refractivity contribution is 5.52. The smallest absolute Gasteiger partial charge is 0.271 e. The molecule has 0 saturated carbocycles. The van der Waals surface area contributed by atoms with E-state index in [0.717, 1.165) is 12.1 Å². The van der Waals surface area contributed by atoms with Gasteiger partial charge >= 0.3 is 0 Å². The van der Waals surface area contributed by atoms with Crippen molar-refractivity contribution in [2.45, 2.75) is 20.3 Å². The minimum absolute atomic E-state index is 0.171. The summed E-state index contributed by atoms with van der Waals surface area (Å²) in [4.78, 5) is 13.8. The van der Waals surface area contributed by atoms with Gasteiger partial charge in [0, 0.05) is 5.69 Å². The molecule has 0 radical (unpaired) electrons. The number of hydrogen-bond acceptors (Lipinski definition) is 3. The van der Waals surface area contributed by atoms with Gasteiger partial charge in [0.15, 0.2) is 0 Å². The van der Waals surface area contributed by atoms with Crippen LogP contribution < -0.4 is 17.0 Å². The van der Waals surface area contributed by atoms with E-state index >= 15 is 0 Å². The number of nitrogen functional groups attached to an aromatic ring is 2. The predicted molar refractivity (Wildman–Crippen MR) is 54.4 cm³/mol. The molecule has 4 nitrogen and oxygen atoms in total. The van der Waals surface area contributed by atoms with Crippen molar-refractivity contribution in [3.8, 4) is 0 Å². The van der Waals surface area contributed by atoms with Crippen LogP contribution in [-0.2, 0) is 6.42 Å². The van der Waals surface area contributed by atoms with Crippen LogP contribution in [0.3, 0.4) is 0 Å². The van der Waals surface area contributed by atoms with Gasteiger partial charge in [-0.15, -0.1) is 0 Å². The Hall–Kier alpha value is -1.45. The van der Waals surface area contributed by atoms with Crippen molar-refractivity contribution in [1.82, 2.24) is 4.98 Å². The predicted octanol–water partition coefficient (Wildman–Crippen LogP) is 0.738. The minimum atomic E-state index is -0.259. The van der Waals surface area contributed by atoms with Gasteiger partial charge in [-0.3, -0.25) is 4.79 Å². The lowest BCUT2D eigenvalue weighted by atomic mass is 10.1. The number of pyridine rings is 1. The molecule has 1 aromatic heterocycles. The second-order valence-electron chi connectivity index (χ2n) is 3.59. The Morgan fingerprint density at radius 3 is 2.54 bits per heavy atom. The molecule has 72 valence electrons. The number of anilines is 2. The fourth-order valence-corrected chi connectivity index (χ4v) is 1.18. The number of H-pyrrole nitrogens is 1. The molecule has 5 N–H and O–H groups in total. The SMILES string of the molecule is CC(C)Cc1[nH]c(=O)c(N)cc1N. The summed E-state index contributed by atoms with van der Waals surface area (Å²) in [5, 5.41) is 0. The molecule has 1 heterocycles. The molecular weight excluding hydrogens is 166 g/mol. The van der Waals surface area contributed by atoms with Crippen molar-refractivity contribution in [1.29, 1.82) is 0 Å². The highest BCUT2D eigenvalue weighted by Crippen LogP contribution is 2.13. The van der Waals surface area contributed by atoms with Gasteiger partial charge in [-0.1, -0.05) is 13.8 Å². The van der Waals surface area contributed by atoms with E-state index < -0.39 is 0 Å². The van der Waals surface area contributed by atoms with Crippen LogP contribution in [-0.4, -0.2) is 4.98 Å². The molecule has 0 aliphatic carbocycles. The maximum absolute atomic E-state index is 11.1. The van der Waals surface area contributed by atoms with Crippen LogP contribution in [0.15, 0.2) is 10.9 Å². The van der Waals surface area contributed by atoms with E-state index in [1.54, 1.807) is 0 Å². The van der Waals surface area contributed by atoms with E-state index in [-0.39, 0.29) is 11.2 Å². The van der Waals surface area contributed by atoms with Crippen molar-refractivity contribution in [3.63, 3.8) is 0 Å². The first-order chi connectivity index (χ1) is 6.00. The van der Waals surface area contributed by atoms with Crippen molar-refractivity contribution in [2.75, 3.05) is 11.5 Å². The number of aromatic nitrogens is 1. The lowest BCUT2D eigenvalue weighted by Crippen LogP contribution is -2.16. The Kier molecular flexibility index (Phi) is 2.60. The first kappa shape index (κ1) is 9.64. The number of aromatic amines is 1. The molecule has 1 rings (SSSR count). The molecule has 13 heavy (non-hydrogen) atoms. The molecule has 4 heteroatoms. The monoisotopic (exact) mass is 181 g/mol. The number of nitrogens with two attached hydrogens (primary N) is 2. The topological polar surface area (TPSA) is 84.9 Å². The molecule has 0 aromatic carbocycles. The summed E-state index contributed by atoms with van der Waals surface area (Å²) in [5.41, 5.74) is 12.3. The fraction of sp³-hybridized carbons (Fsp3) is 0.444. The Morgan fingerprint density at radius 1 is 1.38 bits per heavy atom. The lowest BCUT2D eigenvalue weighted by Gasteiger charge is -2.08. The van der Waals surface area contributed by atoms with Gasteiger partial charge in [-0.25, -0.2) is 0 Å². The summed E-state index contributed by atoms with van der Waals surface area (Å²) in [7, 11) is 0. The number of hydrogen-bond donors (Lipinski definition) is 3. The average Bonchev–Trinajstić information content (AvgIpc) is 1.99. The largest absolute Gasteiger partial charge is 0.397 e. The molecule has 0 amide bonds. The van der Waals surface area contributed by atoms with Gasteiger partial charge in [0.1, 0.15) is 0 Å². The van der Waals surface area contributed by atoms with Crippen LogP contribution in [0.5, 0.6) is 0 Å². The summed E-state index contributed by atoms with van der Waals surface area (Å²) >= 11 is 0. The Bertz CT molecular complexity index is 354. The fourth-order valence-electron chi connectivity index (χ4n) is 1.18. The first-order valence-corrected chi connectivity index (χ1v) is 4.28. The second kappa shape index (κ2) is 3.51. The van der Waals surface area contributed by atoms with Crippen molar-refractivity contribution >= 4 is 11.4 Å². The van der Waals surface area contributed by atoms with Crippen molar-refractivity contribution < 1.29 is 0 Å². The molecule has 0 aliphatic heterocycles. The third kappa shape index (κ3) is 2.24. The van der Waals surface area contributed by atoms with Crippen LogP contribution in [0.1, 0.15) is 19.5 Å². The zero-order valence-electron chi connectivity index (χ0n) is 7.92. The summed E-state index contributed by atoms with van der Waals surface area (Å²) in [5.74, 6) is 0.460. The molecule has 0 unspecified atom stereocenters. The second-order valence-corrected chi connectivity index (χ2v) is 3.59. The highest BCUT2D eigenvalue weighted by atomic mass is 16.1. The summed E-state index contributed by atoms with van der Waals surface area (Å²) < 4.78 is 0. The van der Waals surface area contributed by atoms with Gasteiger partial charge < -0.3 is 16.5 Å². The molecule has 1 aromatic rings. The van der Waals surface area contributed by atoms with E-state index in [2.05, 4.69) is 18.8 Å². The summed E-state index contributed by atoms with van der Waals surface area (Å²) in [6, 6.07) is 1.51. The van der Waals surface area contributed by atoms with Crippen LogP contribution in [0.4, 0.5) is 11.4 Å². The quantitative estimate of drug-likeness (QED) is 0.629. The molecule has 0 saturated heterocycles. The average molecular weight is 181 g/mol. The van der Waals surface area contributed by atoms with Crippen LogP contribution in [0, 0.1) is 5.92 Å². The highest BCUT2D eigenvalue weighted by Gasteiger charge is 2.05. The Labute approximate surface area is 77.0 Å². The van der Waals surface area contributed by atoms with Crippen LogP contribution in [0.2, 0.25) is 0 Å². The van der Waals surface area contributed by atoms with E-state index in [1.807, 2.05) is 0 Å². The van der Waals surface area contributed by atoms with E-state index in [1.165, 1.54) is 6.07 Å². The molecule has 0 spiro atoms. The molecule has 0 aliphatic rings. The van der Waals surface area contributed by atoms with Gasteiger partial charge in [0.25, 0.3) is 5.56 Å². The van der Waals surface area contributed by atoms with Gasteiger partial charge in [0.05, 0.1) is 11.4 Å². The lowest BCUT2D eigenvalue weighted by molar-refractivity contribution is 0.635. The van der Waals surface area contributed by atoms with Gasteiger partial charge in [-0.05, 0) is 18.4 Å². The minimum Gasteiger partial charge on any atom is -0.397 e. The maximum atomic E-state index is 11.1. The molecular formula is C9H15N3O. The number of nitrogens with one attached hydrogen (secondary N) is 1. The van der Waals surface area contributed by atoms with Crippen molar-refractivity contribution in [2.24, 2.45) is 5.92 Å². The summed E-state index contributed by atoms with van der Waals surface area (Å²) in [6.45, 7) is 4.13. The van der Waals surface area contributed by atoms with E-state index in [4.69, 9.17) is 11.5 Å². The van der Waals surface area contributed by atoms with E-state index in [9.17, 15) is 4.79 Å². The molecule has 0 atom stereocenters. The van der Waals surface area contributed by atoms with E-state index in [0.29, 0.717) is 11.6 Å². The Balaban J connectivity index is 3.09. The van der Waals surface area contributed by atoms with Crippen LogP contribution in [0.25, 0.3) is 0 Å². The standard InChI is InChI=1S/C9H15N3O/c1-5(2)3-8-6(10)4-7(11)9(13)12-8/h4-5H,3,10-11H2,1-2H3,(H,12,13). The van der Waals surface area contributed by atoms with Crippen LogP contribution >= 0.6 is 0 Å². The normalized spacial score (nSPS) is 10.7. The molecule has 0 fully saturated rings. The summed E-state index contributed by atoms with van der Waals surface area (Å²) in [6.07, 6.45) is 0.765. The zero-order valence-corrected chi connectivity index (χ0v) is 7.92. The third-order valence-corrected chi connectivity index (χ3v) is 1.80. The third-order valence-electron chi connectivity index (χ3n) is 1.80. The number of rotatable bonds is 2. The van der Waals surface area contributed by atoms with Gasteiger partial charge in [-0.2, -0.15) is 0 Å². The van der Waals surface area contributed by atoms with Crippen molar-refractivity contribution in [3.05, 3.63) is 22.1 Å².